The van der Waals surface area contributed by atoms with Gasteiger partial charge in [-0.25, -0.2) is 0 Å². The predicted molar refractivity (Wildman–Crippen MR) is 74.2 cm³/mol. The van der Waals surface area contributed by atoms with Crippen LogP contribution in [0.1, 0.15) is 43.7 Å². The highest BCUT2D eigenvalue weighted by molar-refractivity contribution is 9.10. The van der Waals surface area contributed by atoms with Crippen molar-refractivity contribution in [3.05, 3.63) is 28.4 Å². The zero-order valence-corrected chi connectivity index (χ0v) is 11.7. The van der Waals surface area contributed by atoms with Crippen molar-refractivity contribution in [1.29, 1.82) is 0 Å². The Balaban J connectivity index is 2.10. The molecule has 0 unspecified atom stereocenters. The van der Waals surface area contributed by atoms with E-state index in [1.807, 2.05) is 11.7 Å². The summed E-state index contributed by atoms with van der Waals surface area (Å²) in [7, 11) is 2.04. The quantitative estimate of drug-likeness (QED) is 0.762. The fraction of sp³-hybridized carbons (Fsp3) is 0.500. The largest absolute Gasteiger partial charge is 0.268 e. The van der Waals surface area contributed by atoms with Crippen LogP contribution in [0.15, 0.2) is 22.7 Å². The van der Waals surface area contributed by atoms with Crippen LogP contribution < -0.4 is 0 Å². The molecule has 90 valence electrons. The molecule has 2 nitrogen and oxygen atoms in total. The van der Waals surface area contributed by atoms with Crippen LogP contribution in [0.2, 0.25) is 0 Å². The maximum atomic E-state index is 4.75. The molecule has 0 radical (unpaired) electrons. The molecule has 0 spiro atoms. The molecule has 3 heteroatoms. The van der Waals surface area contributed by atoms with Gasteiger partial charge in [0, 0.05) is 22.8 Å². The molecule has 0 aliphatic heterocycles. The van der Waals surface area contributed by atoms with E-state index >= 15 is 0 Å². The number of nitrogens with zero attached hydrogens (tertiary/aromatic N) is 2. The first-order valence-electron chi connectivity index (χ1n) is 6.38. The second-order valence-corrected chi connectivity index (χ2v) is 5.92. The van der Waals surface area contributed by atoms with Gasteiger partial charge in [-0.3, -0.25) is 4.68 Å². The van der Waals surface area contributed by atoms with Gasteiger partial charge in [0.2, 0.25) is 0 Å². The van der Waals surface area contributed by atoms with E-state index in [4.69, 9.17) is 5.10 Å². The van der Waals surface area contributed by atoms with Gasteiger partial charge in [0.05, 0.1) is 11.2 Å². The molecular formula is C14H17BrN2. The lowest BCUT2D eigenvalue weighted by molar-refractivity contribution is 0.435. The van der Waals surface area contributed by atoms with Gasteiger partial charge in [-0.2, -0.15) is 5.10 Å². The molecule has 1 fully saturated rings. The summed E-state index contributed by atoms with van der Waals surface area (Å²) >= 11 is 3.53. The Morgan fingerprint density at radius 1 is 1.24 bits per heavy atom. The zero-order valence-electron chi connectivity index (χ0n) is 10.1. The number of hydrogen-bond donors (Lipinski definition) is 0. The molecule has 3 rings (SSSR count). The molecule has 1 aromatic heterocycles. The molecule has 1 saturated carbocycles. The molecule has 17 heavy (non-hydrogen) atoms. The van der Waals surface area contributed by atoms with Gasteiger partial charge in [0.25, 0.3) is 0 Å². The number of benzene rings is 1. The molecule has 0 amide bonds. The molecule has 0 bridgehead atoms. The molecule has 1 aliphatic rings. The normalized spacial score (nSPS) is 17.8. The standard InChI is InChI=1S/C14H17BrN2/c1-17-13-9-11(15)7-8-12(13)14(16-17)10-5-3-2-4-6-10/h7-10H,2-6H2,1H3. The van der Waals surface area contributed by atoms with E-state index in [9.17, 15) is 0 Å². The van der Waals surface area contributed by atoms with Gasteiger partial charge in [-0.15, -0.1) is 0 Å². The predicted octanol–water partition coefficient (Wildman–Crippen LogP) is 4.38. The van der Waals surface area contributed by atoms with Gasteiger partial charge in [0.1, 0.15) is 0 Å². The van der Waals surface area contributed by atoms with Crippen molar-refractivity contribution in [3.63, 3.8) is 0 Å². The van der Waals surface area contributed by atoms with E-state index < -0.39 is 0 Å². The third kappa shape index (κ3) is 2.01. The van der Waals surface area contributed by atoms with E-state index in [0.717, 1.165) is 4.47 Å². The first-order valence-corrected chi connectivity index (χ1v) is 7.17. The third-order valence-corrected chi connectivity index (χ3v) is 4.33. The van der Waals surface area contributed by atoms with E-state index in [-0.39, 0.29) is 0 Å². The first kappa shape index (κ1) is 11.3. The van der Waals surface area contributed by atoms with Crippen molar-refractivity contribution in [3.8, 4) is 0 Å². The van der Waals surface area contributed by atoms with Crippen LogP contribution in [0.4, 0.5) is 0 Å². The molecule has 1 aromatic carbocycles. The SMILES string of the molecule is Cn1nc(C2CCCCC2)c2ccc(Br)cc21. The molecule has 1 aliphatic carbocycles. The first-order chi connectivity index (χ1) is 8.25. The smallest absolute Gasteiger partial charge is 0.0734 e. The highest BCUT2D eigenvalue weighted by Crippen LogP contribution is 2.36. The van der Waals surface area contributed by atoms with Crippen molar-refractivity contribution in [1.82, 2.24) is 9.78 Å². The number of rotatable bonds is 1. The summed E-state index contributed by atoms with van der Waals surface area (Å²) in [5.41, 5.74) is 2.55. The summed E-state index contributed by atoms with van der Waals surface area (Å²) in [6.45, 7) is 0. The molecule has 0 saturated heterocycles. The lowest BCUT2D eigenvalue weighted by atomic mass is 9.86. The Labute approximate surface area is 110 Å². The van der Waals surface area contributed by atoms with Crippen molar-refractivity contribution in [2.24, 2.45) is 7.05 Å². The van der Waals surface area contributed by atoms with Crippen LogP contribution in [0.25, 0.3) is 10.9 Å². The Hall–Kier alpha value is -0.830. The Bertz CT molecular complexity index is 538. The summed E-state index contributed by atoms with van der Waals surface area (Å²) in [4.78, 5) is 0. The zero-order chi connectivity index (χ0) is 11.8. The van der Waals surface area contributed by atoms with Gasteiger partial charge < -0.3 is 0 Å². The summed E-state index contributed by atoms with van der Waals surface area (Å²) in [5, 5.41) is 6.09. The highest BCUT2D eigenvalue weighted by Gasteiger charge is 2.21. The second kappa shape index (κ2) is 4.45. The number of fused-ring (bicyclic) bond motifs is 1. The van der Waals surface area contributed by atoms with Crippen molar-refractivity contribution in [2.45, 2.75) is 38.0 Å². The van der Waals surface area contributed by atoms with Gasteiger partial charge in [0.15, 0.2) is 0 Å². The lowest BCUT2D eigenvalue weighted by Crippen LogP contribution is -2.06. The number of aromatic nitrogens is 2. The molecule has 0 atom stereocenters. The maximum absolute atomic E-state index is 4.75. The minimum absolute atomic E-state index is 0.675. The van der Waals surface area contributed by atoms with Gasteiger partial charge in [-0.05, 0) is 31.0 Å². The van der Waals surface area contributed by atoms with E-state index in [1.54, 1.807) is 0 Å². The van der Waals surface area contributed by atoms with E-state index in [0.29, 0.717) is 5.92 Å². The monoisotopic (exact) mass is 292 g/mol. The average molecular weight is 293 g/mol. The number of halogens is 1. The van der Waals surface area contributed by atoms with Crippen LogP contribution in [-0.4, -0.2) is 9.78 Å². The summed E-state index contributed by atoms with van der Waals surface area (Å²) < 4.78 is 3.15. The van der Waals surface area contributed by atoms with Crippen molar-refractivity contribution < 1.29 is 0 Å². The Morgan fingerprint density at radius 2 is 2.00 bits per heavy atom. The van der Waals surface area contributed by atoms with Crippen LogP contribution >= 0.6 is 15.9 Å². The van der Waals surface area contributed by atoms with Crippen molar-refractivity contribution in [2.75, 3.05) is 0 Å². The van der Waals surface area contributed by atoms with Crippen LogP contribution in [0.5, 0.6) is 0 Å². The molecule has 1 heterocycles. The Kier molecular flexibility index (Phi) is 2.95. The highest BCUT2D eigenvalue weighted by atomic mass is 79.9. The van der Waals surface area contributed by atoms with Gasteiger partial charge in [-0.1, -0.05) is 35.2 Å². The van der Waals surface area contributed by atoms with Gasteiger partial charge >= 0.3 is 0 Å². The fourth-order valence-corrected chi connectivity index (χ4v) is 3.29. The van der Waals surface area contributed by atoms with E-state index in [2.05, 4.69) is 34.1 Å². The van der Waals surface area contributed by atoms with Crippen LogP contribution in [0, 0.1) is 0 Å². The van der Waals surface area contributed by atoms with Crippen LogP contribution in [0.3, 0.4) is 0 Å². The molecule has 2 aromatic rings. The minimum Gasteiger partial charge on any atom is -0.268 e. The maximum Gasteiger partial charge on any atom is 0.0734 e. The van der Waals surface area contributed by atoms with Crippen molar-refractivity contribution >= 4 is 26.8 Å². The number of aryl methyl sites for hydroxylation is 1. The summed E-state index contributed by atoms with van der Waals surface area (Å²) in [6, 6.07) is 6.49. The van der Waals surface area contributed by atoms with Crippen LogP contribution in [-0.2, 0) is 7.05 Å². The topological polar surface area (TPSA) is 17.8 Å². The van der Waals surface area contributed by atoms with E-state index in [1.165, 1.54) is 48.7 Å². The third-order valence-electron chi connectivity index (χ3n) is 3.83. The minimum atomic E-state index is 0.675. The molecular weight excluding hydrogens is 276 g/mol. The molecule has 0 N–H and O–H groups in total. The Morgan fingerprint density at radius 3 is 2.76 bits per heavy atom. The summed E-state index contributed by atoms with van der Waals surface area (Å²) in [5.74, 6) is 0.675. The second-order valence-electron chi connectivity index (χ2n) is 5.01. The fourth-order valence-electron chi connectivity index (χ4n) is 2.94. The summed E-state index contributed by atoms with van der Waals surface area (Å²) in [6.07, 6.45) is 6.73. The average Bonchev–Trinajstić information content (AvgIpc) is 2.68. The number of hydrogen-bond acceptors (Lipinski definition) is 1. The lowest BCUT2D eigenvalue weighted by Gasteiger charge is -2.19.